The molecule has 1 unspecified atom stereocenters. The van der Waals surface area contributed by atoms with E-state index in [0.717, 1.165) is 19.1 Å². The first kappa shape index (κ1) is 9.05. The molecule has 0 spiro atoms. The van der Waals surface area contributed by atoms with Crippen molar-refractivity contribution in [3.05, 3.63) is 0 Å². The minimum Gasteiger partial charge on any atom is -0.314 e. The van der Waals surface area contributed by atoms with E-state index in [2.05, 4.69) is 16.1 Å². The van der Waals surface area contributed by atoms with Gasteiger partial charge in [-0.25, -0.2) is 0 Å². The summed E-state index contributed by atoms with van der Waals surface area (Å²) in [5.74, 6) is 3.45. The van der Waals surface area contributed by atoms with Crippen LogP contribution >= 0.6 is 0 Å². The summed E-state index contributed by atoms with van der Waals surface area (Å²) >= 11 is 0. The van der Waals surface area contributed by atoms with Crippen LogP contribution in [-0.4, -0.2) is 37.1 Å². The summed E-state index contributed by atoms with van der Waals surface area (Å²) < 4.78 is 0. The molecule has 2 nitrogen and oxygen atoms in total. The smallest absolute Gasteiger partial charge is 0.0215 e. The number of nitrogens with one attached hydrogen (secondary N) is 1. The van der Waals surface area contributed by atoms with E-state index in [1.54, 1.807) is 0 Å². The average Bonchev–Trinajstić information content (AvgIpc) is 2.67. The van der Waals surface area contributed by atoms with Gasteiger partial charge >= 0.3 is 0 Å². The van der Waals surface area contributed by atoms with Gasteiger partial charge in [0, 0.05) is 38.1 Å². The molecule has 0 amide bonds. The number of rotatable bonds is 1. The van der Waals surface area contributed by atoms with Crippen molar-refractivity contribution in [1.29, 1.82) is 0 Å². The van der Waals surface area contributed by atoms with Gasteiger partial charge in [0.05, 0.1) is 0 Å². The van der Waals surface area contributed by atoms with Crippen LogP contribution in [0.4, 0.5) is 0 Å². The van der Waals surface area contributed by atoms with Crippen LogP contribution in [0.15, 0.2) is 0 Å². The molecule has 13 heavy (non-hydrogen) atoms. The van der Waals surface area contributed by atoms with Crippen LogP contribution in [0.3, 0.4) is 0 Å². The Morgan fingerprint density at radius 1 is 1.23 bits per heavy atom. The second-order valence-electron chi connectivity index (χ2n) is 4.12. The Morgan fingerprint density at radius 3 is 2.62 bits per heavy atom. The van der Waals surface area contributed by atoms with E-state index in [0.29, 0.717) is 5.92 Å². The third kappa shape index (κ3) is 2.04. The molecule has 1 heterocycles. The molecule has 0 aromatic heterocycles. The summed E-state index contributed by atoms with van der Waals surface area (Å²) in [5, 5.41) is 3.38. The molecule has 2 rings (SSSR count). The van der Waals surface area contributed by atoms with Gasteiger partial charge in [0.1, 0.15) is 0 Å². The van der Waals surface area contributed by atoms with Crippen LogP contribution < -0.4 is 5.32 Å². The summed E-state index contributed by atoms with van der Waals surface area (Å²) in [4.78, 5) is 2.60. The Labute approximate surface area is 80.7 Å². The van der Waals surface area contributed by atoms with Crippen molar-refractivity contribution in [1.82, 2.24) is 10.2 Å². The van der Waals surface area contributed by atoms with Crippen LogP contribution in [0.25, 0.3) is 0 Å². The summed E-state index contributed by atoms with van der Waals surface area (Å²) in [5.41, 5.74) is 0. The molecular weight excluding hydrogens is 160 g/mol. The number of piperazine rings is 1. The third-order valence-corrected chi connectivity index (χ3v) is 3.31. The second-order valence-corrected chi connectivity index (χ2v) is 4.12. The highest BCUT2D eigenvalue weighted by Gasteiger charge is 2.28. The van der Waals surface area contributed by atoms with Gasteiger partial charge in [-0.1, -0.05) is 0 Å². The van der Waals surface area contributed by atoms with Gasteiger partial charge in [0.2, 0.25) is 0 Å². The maximum atomic E-state index is 5.44. The zero-order valence-corrected chi connectivity index (χ0v) is 8.13. The van der Waals surface area contributed by atoms with Gasteiger partial charge in [-0.2, -0.15) is 0 Å². The fourth-order valence-corrected chi connectivity index (χ4v) is 2.49. The van der Waals surface area contributed by atoms with Crippen molar-refractivity contribution in [3.63, 3.8) is 0 Å². The van der Waals surface area contributed by atoms with Gasteiger partial charge in [-0.15, -0.1) is 12.3 Å². The molecule has 1 N–H and O–H groups in total. The first-order chi connectivity index (χ1) is 6.40. The lowest BCUT2D eigenvalue weighted by Gasteiger charge is -2.32. The fraction of sp³-hybridized carbons (Fsp3) is 0.818. The highest BCUT2D eigenvalue weighted by Crippen LogP contribution is 2.28. The van der Waals surface area contributed by atoms with Crippen LogP contribution in [0.2, 0.25) is 0 Å². The molecule has 72 valence electrons. The monoisotopic (exact) mass is 178 g/mol. The summed E-state index contributed by atoms with van der Waals surface area (Å²) in [6.45, 7) is 4.72. The van der Waals surface area contributed by atoms with Gasteiger partial charge < -0.3 is 5.32 Å². The number of nitrogens with zero attached hydrogens (tertiary/aromatic N) is 1. The molecule has 0 bridgehead atoms. The Kier molecular flexibility index (Phi) is 2.87. The number of hydrogen-bond donors (Lipinski definition) is 1. The number of terminal acetylenes is 1. The molecule has 1 saturated carbocycles. The maximum Gasteiger partial charge on any atom is 0.0215 e. The van der Waals surface area contributed by atoms with Crippen LogP contribution in [-0.2, 0) is 0 Å². The normalized spacial score (nSPS) is 35.9. The van der Waals surface area contributed by atoms with Crippen molar-refractivity contribution < 1.29 is 0 Å². The highest BCUT2D eigenvalue weighted by atomic mass is 15.2. The highest BCUT2D eigenvalue weighted by molar-refractivity contribution is 4.99. The lowest BCUT2D eigenvalue weighted by Crippen LogP contribution is -2.47. The lowest BCUT2D eigenvalue weighted by atomic mass is 10.1. The van der Waals surface area contributed by atoms with Gasteiger partial charge in [-0.3, -0.25) is 4.90 Å². The van der Waals surface area contributed by atoms with Crippen molar-refractivity contribution in [2.45, 2.75) is 25.3 Å². The SMILES string of the molecule is C#CC1CC[C@@H](N2CCNCC2)C1. The van der Waals surface area contributed by atoms with Crippen molar-refractivity contribution >= 4 is 0 Å². The van der Waals surface area contributed by atoms with Crippen LogP contribution in [0.1, 0.15) is 19.3 Å². The topological polar surface area (TPSA) is 15.3 Å². The molecule has 1 aliphatic heterocycles. The molecule has 2 fully saturated rings. The van der Waals surface area contributed by atoms with Crippen molar-refractivity contribution in [3.8, 4) is 12.3 Å². The fourth-order valence-electron chi connectivity index (χ4n) is 2.49. The van der Waals surface area contributed by atoms with Crippen LogP contribution in [0, 0.1) is 18.3 Å². The summed E-state index contributed by atoms with van der Waals surface area (Å²) in [6, 6.07) is 0.781. The molecule has 2 heteroatoms. The molecule has 0 radical (unpaired) electrons. The Bertz CT molecular complexity index is 201. The Morgan fingerprint density at radius 2 is 2.00 bits per heavy atom. The van der Waals surface area contributed by atoms with Gasteiger partial charge in [-0.05, 0) is 19.3 Å². The molecule has 2 atom stereocenters. The largest absolute Gasteiger partial charge is 0.314 e. The van der Waals surface area contributed by atoms with Crippen LogP contribution in [0.5, 0.6) is 0 Å². The van der Waals surface area contributed by atoms with E-state index in [1.807, 2.05) is 0 Å². The zero-order chi connectivity index (χ0) is 9.10. The first-order valence-electron chi connectivity index (χ1n) is 5.31. The Hall–Kier alpha value is -0.520. The quantitative estimate of drug-likeness (QED) is 0.594. The summed E-state index contributed by atoms with van der Waals surface area (Å²) in [7, 11) is 0. The van der Waals surface area contributed by atoms with E-state index in [1.165, 1.54) is 32.4 Å². The summed E-state index contributed by atoms with van der Waals surface area (Å²) in [6.07, 6.45) is 9.23. The Balaban J connectivity index is 1.84. The first-order valence-corrected chi connectivity index (χ1v) is 5.31. The van der Waals surface area contributed by atoms with Gasteiger partial charge in [0.15, 0.2) is 0 Å². The minimum absolute atomic E-state index is 0.555. The van der Waals surface area contributed by atoms with E-state index >= 15 is 0 Å². The van der Waals surface area contributed by atoms with Gasteiger partial charge in [0.25, 0.3) is 0 Å². The predicted octanol–water partition coefficient (Wildman–Crippen LogP) is 0.694. The molecule has 2 aliphatic rings. The number of hydrogen-bond acceptors (Lipinski definition) is 2. The zero-order valence-electron chi connectivity index (χ0n) is 8.13. The van der Waals surface area contributed by atoms with E-state index in [9.17, 15) is 0 Å². The van der Waals surface area contributed by atoms with E-state index in [-0.39, 0.29) is 0 Å². The van der Waals surface area contributed by atoms with E-state index < -0.39 is 0 Å². The second kappa shape index (κ2) is 4.13. The molecule has 1 saturated heterocycles. The minimum atomic E-state index is 0.555. The molecular formula is C11H18N2. The van der Waals surface area contributed by atoms with Crippen molar-refractivity contribution in [2.75, 3.05) is 26.2 Å². The lowest BCUT2D eigenvalue weighted by molar-refractivity contribution is 0.174. The predicted molar refractivity (Wildman–Crippen MR) is 54.4 cm³/mol. The molecule has 0 aromatic carbocycles. The molecule has 0 aromatic rings. The maximum absolute atomic E-state index is 5.44. The average molecular weight is 178 g/mol. The molecule has 1 aliphatic carbocycles. The standard InChI is InChI=1S/C11H18N2/c1-2-10-3-4-11(9-10)13-7-5-12-6-8-13/h1,10-12H,3-9H2/t10?,11-/m1/s1. The van der Waals surface area contributed by atoms with Crippen molar-refractivity contribution in [2.24, 2.45) is 5.92 Å². The third-order valence-electron chi connectivity index (χ3n) is 3.31. The van der Waals surface area contributed by atoms with E-state index in [4.69, 9.17) is 6.42 Å².